The van der Waals surface area contributed by atoms with Gasteiger partial charge in [0.25, 0.3) is 0 Å². The average Bonchev–Trinajstić information content (AvgIpc) is 2.97. The second kappa shape index (κ2) is 5.21. The first-order valence-electron chi connectivity index (χ1n) is 5.77. The summed E-state index contributed by atoms with van der Waals surface area (Å²) in [6, 6.07) is 1.63. The maximum atomic E-state index is 11.0. The van der Waals surface area contributed by atoms with Gasteiger partial charge in [-0.15, -0.1) is 11.3 Å². The largest absolute Gasteiger partial charge is 0.388 e. The number of hydrogen-bond acceptors (Lipinski definition) is 6. The molecule has 0 amide bonds. The van der Waals surface area contributed by atoms with Crippen molar-refractivity contribution in [2.24, 2.45) is 0 Å². The van der Waals surface area contributed by atoms with E-state index >= 15 is 0 Å². The van der Waals surface area contributed by atoms with Gasteiger partial charge in [-0.25, -0.2) is 0 Å². The van der Waals surface area contributed by atoms with Crippen LogP contribution in [0, 0.1) is 10.1 Å². The standard InChI is InChI=1S/C11H16N2O4S/c1-7(14)10-5-9(13(15)16)11(18-10)12(2)8-3-4-17-6-8/h5,7-8,14H,3-4,6H2,1-2H3/t7-,8?/m1/s1. The van der Waals surface area contributed by atoms with Crippen LogP contribution in [0.5, 0.6) is 0 Å². The third-order valence-electron chi connectivity index (χ3n) is 3.09. The summed E-state index contributed by atoms with van der Waals surface area (Å²) in [6.45, 7) is 2.89. The molecule has 1 aliphatic rings. The molecular weight excluding hydrogens is 256 g/mol. The summed E-state index contributed by atoms with van der Waals surface area (Å²) in [5, 5.41) is 21.2. The predicted octanol–water partition coefficient (Wildman–Crippen LogP) is 1.93. The lowest BCUT2D eigenvalue weighted by Gasteiger charge is -2.22. The Morgan fingerprint density at radius 2 is 2.44 bits per heavy atom. The van der Waals surface area contributed by atoms with E-state index in [2.05, 4.69) is 0 Å². The number of thiophene rings is 1. The van der Waals surface area contributed by atoms with E-state index < -0.39 is 11.0 Å². The summed E-state index contributed by atoms with van der Waals surface area (Å²) >= 11 is 1.27. The van der Waals surface area contributed by atoms with E-state index in [1.54, 1.807) is 6.92 Å². The van der Waals surface area contributed by atoms with Crippen molar-refractivity contribution in [3.8, 4) is 0 Å². The number of anilines is 1. The van der Waals surface area contributed by atoms with Crippen molar-refractivity contribution in [3.63, 3.8) is 0 Å². The van der Waals surface area contributed by atoms with E-state index in [1.165, 1.54) is 17.4 Å². The van der Waals surface area contributed by atoms with Gasteiger partial charge in [0, 0.05) is 24.6 Å². The first-order chi connectivity index (χ1) is 8.50. The highest BCUT2D eigenvalue weighted by molar-refractivity contribution is 7.16. The molecule has 18 heavy (non-hydrogen) atoms. The molecule has 2 heterocycles. The number of nitro groups is 1. The second-order valence-electron chi connectivity index (χ2n) is 4.40. The van der Waals surface area contributed by atoms with E-state index in [9.17, 15) is 15.2 Å². The Hall–Kier alpha value is -1.18. The summed E-state index contributed by atoms with van der Waals surface area (Å²) < 4.78 is 5.30. The Bertz CT molecular complexity index is 440. The molecule has 0 saturated carbocycles. The van der Waals surface area contributed by atoms with Crippen LogP contribution in [-0.2, 0) is 4.74 Å². The van der Waals surface area contributed by atoms with E-state index in [4.69, 9.17) is 4.74 Å². The molecule has 7 heteroatoms. The van der Waals surface area contributed by atoms with Crippen molar-refractivity contribution in [1.82, 2.24) is 0 Å². The van der Waals surface area contributed by atoms with Crippen LogP contribution < -0.4 is 4.90 Å². The van der Waals surface area contributed by atoms with Crippen molar-refractivity contribution < 1.29 is 14.8 Å². The fourth-order valence-corrected chi connectivity index (χ4v) is 3.07. The summed E-state index contributed by atoms with van der Waals surface area (Å²) in [4.78, 5) is 13.2. The van der Waals surface area contributed by atoms with Gasteiger partial charge in [-0.3, -0.25) is 10.1 Å². The van der Waals surface area contributed by atoms with E-state index in [-0.39, 0.29) is 11.7 Å². The molecule has 0 aliphatic carbocycles. The monoisotopic (exact) mass is 272 g/mol. The summed E-state index contributed by atoms with van der Waals surface area (Å²) in [5.74, 6) is 0. The molecule has 1 unspecified atom stereocenters. The minimum absolute atomic E-state index is 0.0605. The Morgan fingerprint density at radius 1 is 1.72 bits per heavy atom. The lowest BCUT2D eigenvalue weighted by atomic mass is 10.2. The zero-order chi connectivity index (χ0) is 13.3. The molecular formula is C11H16N2O4S. The quantitative estimate of drug-likeness (QED) is 0.669. The summed E-state index contributed by atoms with van der Waals surface area (Å²) in [6.07, 6.45) is 0.186. The molecule has 1 fully saturated rings. The molecule has 1 aliphatic heterocycles. The molecule has 0 aromatic carbocycles. The van der Waals surface area contributed by atoms with Crippen LogP contribution >= 0.6 is 11.3 Å². The van der Waals surface area contributed by atoms with E-state index in [0.29, 0.717) is 23.1 Å². The predicted molar refractivity (Wildman–Crippen MR) is 69.2 cm³/mol. The third kappa shape index (κ3) is 2.47. The number of rotatable bonds is 4. The maximum Gasteiger partial charge on any atom is 0.304 e. The van der Waals surface area contributed by atoms with Gasteiger partial charge in [0.1, 0.15) is 0 Å². The fraction of sp³-hybridized carbons (Fsp3) is 0.636. The van der Waals surface area contributed by atoms with Crippen LogP contribution in [-0.4, -0.2) is 36.3 Å². The number of aliphatic hydroxyl groups is 1. The van der Waals surface area contributed by atoms with Gasteiger partial charge in [0.2, 0.25) is 0 Å². The Kier molecular flexibility index (Phi) is 3.84. The van der Waals surface area contributed by atoms with Gasteiger partial charge in [-0.05, 0) is 13.3 Å². The molecule has 6 nitrogen and oxygen atoms in total. The zero-order valence-electron chi connectivity index (χ0n) is 10.3. The Balaban J connectivity index is 2.32. The van der Waals surface area contributed by atoms with Crippen LogP contribution in [0.15, 0.2) is 6.07 Å². The smallest absolute Gasteiger partial charge is 0.304 e. The van der Waals surface area contributed by atoms with Gasteiger partial charge in [-0.2, -0.15) is 0 Å². The van der Waals surface area contributed by atoms with Crippen LogP contribution in [0.25, 0.3) is 0 Å². The minimum atomic E-state index is -0.685. The molecule has 1 aromatic rings. The van der Waals surface area contributed by atoms with Gasteiger partial charge in [0.15, 0.2) is 5.00 Å². The SMILES string of the molecule is C[C@@H](O)c1cc([N+](=O)[O-])c(N(C)C2CCOC2)s1. The first-order valence-corrected chi connectivity index (χ1v) is 6.59. The third-order valence-corrected chi connectivity index (χ3v) is 4.48. The van der Waals surface area contributed by atoms with E-state index in [1.807, 2.05) is 11.9 Å². The number of nitrogens with zero attached hydrogens (tertiary/aromatic N) is 2. The molecule has 1 N–H and O–H groups in total. The fourth-order valence-electron chi connectivity index (χ4n) is 1.97. The normalized spacial score (nSPS) is 20.9. The van der Waals surface area contributed by atoms with Crippen LogP contribution in [0.2, 0.25) is 0 Å². The van der Waals surface area contributed by atoms with Crippen molar-refractivity contribution in [1.29, 1.82) is 0 Å². The summed E-state index contributed by atoms with van der Waals surface area (Å²) in [5.41, 5.74) is 0.0605. The highest BCUT2D eigenvalue weighted by atomic mass is 32.1. The number of likely N-dealkylation sites (N-methyl/N-ethyl adjacent to an activating group) is 1. The topological polar surface area (TPSA) is 75.8 Å². The van der Waals surface area contributed by atoms with Crippen LogP contribution in [0.3, 0.4) is 0 Å². The molecule has 1 aromatic heterocycles. The number of ether oxygens (including phenoxy) is 1. The van der Waals surface area contributed by atoms with Gasteiger partial charge in [-0.1, -0.05) is 0 Å². The molecule has 0 radical (unpaired) electrons. The lowest BCUT2D eigenvalue weighted by molar-refractivity contribution is -0.383. The van der Waals surface area contributed by atoms with Crippen LogP contribution in [0.1, 0.15) is 24.3 Å². The molecule has 2 rings (SSSR count). The second-order valence-corrected chi connectivity index (χ2v) is 5.46. The Morgan fingerprint density at radius 3 is 2.94 bits per heavy atom. The Labute approximate surface area is 109 Å². The molecule has 0 bridgehead atoms. The van der Waals surface area contributed by atoms with Crippen LogP contribution in [0.4, 0.5) is 10.7 Å². The highest BCUT2D eigenvalue weighted by Crippen LogP contribution is 2.40. The highest BCUT2D eigenvalue weighted by Gasteiger charge is 2.29. The van der Waals surface area contributed by atoms with Gasteiger partial charge in [0.05, 0.1) is 23.7 Å². The number of hydrogen-bond donors (Lipinski definition) is 1. The minimum Gasteiger partial charge on any atom is -0.388 e. The number of aliphatic hydroxyl groups excluding tert-OH is 1. The van der Waals surface area contributed by atoms with Gasteiger partial charge < -0.3 is 14.7 Å². The molecule has 0 spiro atoms. The van der Waals surface area contributed by atoms with E-state index in [0.717, 1.165) is 6.42 Å². The average molecular weight is 272 g/mol. The maximum absolute atomic E-state index is 11.0. The molecule has 1 saturated heterocycles. The molecule has 2 atom stereocenters. The van der Waals surface area contributed by atoms with Gasteiger partial charge >= 0.3 is 5.69 Å². The van der Waals surface area contributed by atoms with Crippen molar-refractivity contribution >= 4 is 22.0 Å². The van der Waals surface area contributed by atoms with Crippen molar-refractivity contribution in [2.75, 3.05) is 25.2 Å². The zero-order valence-corrected chi connectivity index (χ0v) is 11.1. The van der Waals surface area contributed by atoms with Crippen molar-refractivity contribution in [2.45, 2.75) is 25.5 Å². The molecule has 100 valence electrons. The van der Waals surface area contributed by atoms with Crippen molar-refractivity contribution in [3.05, 3.63) is 21.1 Å². The first kappa shape index (κ1) is 13.3. The lowest BCUT2D eigenvalue weighted by Crippen LogP contribution is -2.31. The summed E-state index contributed by atoms with van der Waals surface area (Å²) in [7, 11) is 1.84.